The molecule has 0 atom stereocenters. The van der Waals surface area contributed by atoms with Crippen LogP contribution in [0.4, 0.5) is 13.2 Å². The van der Waals surface area contributed by atoms with Gasteiger partial charge in [0, 0.05) is 0 Å². The zero-order valence-corrected chi connectivity index (χ0v) is 16.4. The van der Waals surface area contributed by atoms with Crippen LogP contribution < -0.4 is 0 Å². The predicted molar refractivity (Wildman–Crippen MR) is 112 cm³/mol. The Morgan fingerprint density at radius 2 is 1.62 bits per heavy atom. The Morgan fingerprint density at radius 1 is 0.938 bits per heavy atom. The van der Waals surface area contributed by atoms with Crippen LogP contribution >= 0.6 is 0 Å². The molecule has 1 aliphatic rings. The Bertz CT molecular complexity index is 1300. The second-order valence-corrected chi connectivity index (χ2v) is 6.98. The van der Waals surface area contributed by atoms with Crippen molar-refractivity contribution in [3.8, 4) is 17.2 Å². The molecular weight excluding hydrogens is 419 g/mol. The van der Waals surface area contributed by atoms with Gasteiger partial charge in [0.25, 0.3) is 0 Å². The van der Waals surface area contributed by atoms with Gasteiger partial charge >= 0.3 is 12.1 Å². The fraction of sp³-hybridized carbons (Fsp3) is 0.0400. The maximum Gasteiger partial charge on any atom is 0.416 e. The van der Waals surface area contributed by atoms with E-state index < -0.39 is 23.5 Å². The average Bonchev–Trinajstić information content (AvgIpc) is 3.06. The molecule has 1 N–H and O–H groups in total. The van der Waals surface area contributed by atoms with Gasteiger partial charge in [0.15, 0.2) is 11.5 Å². The van der Waals surface area contributed by atoms with Gasteiger partial charge in [0.2, 0.25) is 0 Å². The van der Waals surface area contributed by atoms with Crippen LogP contribution in [0.15, 0.2) is 84.3 Å². The number of esters is 1. The molecule has 32 heavy (non-hydrogen) atoms. The Hall–Kier alpha value is -4.31. The molecule has 1 heterocycles. The minimum Gasteiger partial charge on any atom is -0.504 e. The van der Waals surface area contributed by atoms with E-state index >= 15 is 0 Å². The Kier molecular flexibility index (Phi) is 5.29. The van der Waals surface area contributed by atoms with Crippen molar-refractivity contribution in [2.24, 2.45) is 0 Å². The monoisotopic (exact) mass is 433 g/mol. The van der Waals surface area contributed by atoms with Crippen LogP contribution in [0, 0.1) is 11.3 Å². The van der Waals surface area contributed by atoms with E-state index in [9.17, 15) is 28.3 Å². The van der Waals surface area contributed by atoms with Crippen molar-refractivity contribution in [3.05, 3.63) is 107 Å². The molecule has 3 aromatic rings. The summed E-state index contributed by atoms with van der Waals surface area (Å²) in [5.41, 5.74) is 1.48. The van der Waals surface area contributed by atoms with Gasteiger partial charge < -0.3 is 9.84 Å². The maximum atomic E-state index is 12.8. The molecule has 3 aromatic carbocycles. The Morgan fingerprint density at radius 3 is 2.25 bits per heavy atom. The summed E-state index contributed by atoms with van der Waals surface area (Å²) in [5, 5.41) is 20.0. The fourth-order valence-electron chi connectivity index (χ4n) is 3.36. The van der Waals surface area contributed by atoms with Crippen LogP contribution in [-0.4, -0.2) is 11.1 Å². The van der Waals surface area contributed by atoms with E-state index in [0.29, 0.717) is 11.1 Å². The van der Waals surface area contributed by atoms with E-state index in [2.05, 4.69) is 6.07 Å². The summed E-state index contributed by atoms with van der Waals surface area (Å²) in [5.74, 6) is -1.52. The summed E-state index contributed by atoms with van der Waals surface area (Å²) in [6.07, 6.45) is -3.12. The van der Waals surface area contributed by atoms with Gasteiger partial charge in [-0.2, -0.15) is 18.4 Å². The van der Waals surface area contributed by atoms with Crippen LogP contribution in [0.2, 0.25) is 0 Å². The lowest BCUT2D eigenvalue weighted by Crippen LogP contribution is -2.05. The van der Waals surface area contributed by atoms with Crippen molar-refractivity contribution in [1.29, 1.82) is 5.26 Å². The van der Waals surface area contributed by atoms with Crippen molar-refractivity contribution < 1.29 is 27.8 Å². The van der Waals surface area contributed by atoms with E-state index in [0.717, 1.165) is 35.4 Å². The topological polar surface area (TPSA) is 70.3 Å². The molecule has 4 nitrogen and oxygen atoms in total. The molecule has 0 radical (unpaired) electrons. The van der Waals surface area contributed by atoms with Gasteiger partial charge in [-0.05, 0) is 46.5 Å². The molecule has 0 amide bonds. The third-order valence-electron chi connectivity index (χ3n) is 4.92. The predicted octanol–water partition coefficient (Wildman–Crippen LogP) is 6.11. The molecule has 0 aromatic heterocycles. The number of aliphatic hydroxyl groups is 1. The minimum absolute atomic E-state index is 0.0982. The normalized spacial score (nSPS) is 15.1. The van der Waals surface area contributed by atoms with Crippen LogP contribution in [0.25, 0.3) is 22.8 Å². The third-order valence-corrected chi connectivity index (χ3v) is 4.92. The number of ether oxygens (including phenoxy) is 1. The number of carbonyl (C=O) groups excluding carboxylic acids is 1. The SMILES string of the molecule is N#Cc1cc(/C=C2\OC(=O)C(c3ccc(C(F)(F)F)cc3)=C2O)ccc1-c1ccccc1. The first kappa shape index (κ1) is 20.9. The molecule has 0 bridgehead atoms. The molecule has 0 saturated carbocycles. The highest BCUT2D eigenvalue weighted by Gasteiger charge is 2.33. The lowest BCUT2D eigenvalue weighted by Gasteiger charge is -2.07. The summed E-state index contributed by atoms with van der Waals surface area (Å²) in [6.45, 7) is 0. The van der Waals surface area contributed by atoms with E-state index in [-0.39, 0.29) is 16.9 Å². The van der Waals surface area contributed by atoms with E-state index in [1.807, 2.05) is 30.3 Å². The zero-order valence-electron chi connectivity index (χ0n) is 16.4. The highest BCUT2D eigenvalue weighted by molar-refractivity contribution is 6.20. The number of carbonyl (C=O) groups is 1. The molecule has 0 fully saturated rings. The second-order valence-electron chi connectivity index (χ2n) is 6.98. The van der Waals surface area contributed by atoms with E-state index in [1.54, 1.807) is 18.2 Å². The van der Waals surface area contributed by atoms with Crippen molar-refractivity contribution in [2.75, 3.05) is 0 Å². The van der Waals surface area contributed by atoms with Crippen molar-refractivity contribution >= 4 is 17.6 Å². The van der Waals surface area contributed by atoms with Gasteiger partial charge in [-0.25, -0.2) is 4.79 Å². The van der Waals surface area contributed by atoms with Gasteiger partial charge in [-0.1, -0.05) is 54.6 Å². The quantitative estimate of drug-likeness (QED) is 0.506. The molecule has 0 spiro atoms. The highest BCUT2D eigenvalue weighted by Crippen LogP contribution is 2.35. The standard InChI is InChI=1S/C25H14F3NO3/c26-25(27,28)19-9-7-17(8-10-19)22-23(30)21(32-24(22)31)13-15-6-11-20(18(12-15)14-29)16-4-2-1-3-5-16/h1-13,30H/b21-13-. The molecule has 0 saturated heterocycles. The molecule has 4 rings (SSSR count). The molecule has 1 aliphatic heterocycles. The minimum atomic E-state index is -4.51. The first-order valence-electron chi connectivity index (χ1n) is 9.42. The van der Waals surface area contributed by atoms with Gasteiger partial charge in [-0.3, -0.25) is 0 Å². The lowest BCUT2D eigenvalue weighted by atomic mass is 9.98. The van der Waals surface area contributed by atoms with E-state index in [4.69, 9.17) is 4.74 Å². The fourth-order valence-corrected chi connectivity index (χ4v) is 3.36. The number of hydrogen-bond acceptors (Lipinski definition) is 4. The number of nitrogens with zero attached hydrogens (tertiary/aromatic N) is 1. The molecule has 158 valence electrons. The Balaban J connectivity index is 1.69. The molecular formula is C25H14F3NO3. The number of hydrogen-bond donors (Lipinski definition) is 1. The van der Waals surface area contributed by atoms with Crippen LogP contribution in [0.5, 0.6) is 0 Å². The number of cyclic esters (lactones) is 1. The summed E-state index contributed by atoms with van der Waals surface area (Å²) in [4.78, 5) is 12.3. The number of alkyl halides is 3. The van der Waals surface area contributed by atoms with Gasteiger partial charge in [0.05, 0.1) is 17.2 Å². The van der Waals surface area contributed by atoms with Crippen molar-refractivity contribution in [1.82, 2.24) is 0 Å². The van der Waals surface area contributed by atoms with E-state index in [1.165, 1.54) is 6.08 Å². The average molecular weight is 433 g/mol. The number of rotatable bonds is 3. The summed E-state index contributed by atoms with van der Waals surface area (Å²) in [7, 11) is 0. The number of halogens is 3. The summed E-state index contributed by atoms with van der Waals surface area (Å²) >= 11 is 0. The number of nitriles is 1. The first-order chi connectivity index (χ1) is 15.3. The molecule has 0 unspecified atom stereocenters. The van der Waals surface area contributed by atoms with Crippen molar-refractivity contribution in [2.45, 2.75) is 6.18 Å². The van der Waals surface area contributed by atoms with Gasteiger partial charge in [0.1, 0.15) is 5.57 Å². The largest absolute Gasteiger partial charge is 0.504 e. The number of aliphatic hydroxyl groups excluding tert-OH is 1. The molecule has 0 aliphatic carbocycles. The summed E-state index contributed by atoms with van der Waals surface area (Å²) < 4.78 is 43.4. The van der Waals surface area contributed by atoms with Crippen LogP contribution in [0.3, 0.4) is 0 Å². The summed E-state index contributed by atoms with van der Waals surface area (Å²) in [6, 6.07) is 20.3. The lowest BCUT2D eigenvalue weighted by molar-refractivity contribution is -0.137. The van der Waals surface area contributed by atoms with Gasteiger partial charge in [-0.15, -0.1) is 0 Å². The maximum absolute atomic E-state index is 12.8. The molecule has 7 heteroatoms. The number of benzene rings is 3. The highest BCUT2D eigenvalue weighted by atomic mass is 19.4. The van der Waals surface area contributed by atoms with Crippen LogP contribution in [-0.2, 0) is 15.7 Å². The zero-order chi connectivity index (χ0) is 22.9. The van der Waals surface area contributed by atoms with Crippen LogP contribution in [0.1, 0.15) is 22.3 Å². The Labute approximate surface area is 181 Å². The smallest absolute Gasteiger partial charge is 0.416 e. The third kappa shape index (κ3) is 3.98. The first-order valence-corrected chi connectivity index (χ1v) is 9.42. The van der Waals surface area contributed by atoms with Crippen molar-refractivity contribution in [3.63, 3.8) is 0 Å². The second kappa shape index (κ2) is 8.08.